The Morgan fingerprint density at radius 1 is 1.27 bits per heavy atom. The van der Waals surface area contributed by atoms with Crippen LogP contribution in [0.3, 0.4) is 0 Å². The van der Waals surface area contributed by atoms with Gasteiger partial charge in [-0.3, -0.25) is 9.59 Å². The molecule has 0 bridgehead atoms. The second-order valence-electron chi connectivity index (χ2n) is 7.75. The molecule has 3 rings (SSSR count). The van der Waals surface area contributed by atoms with Gasteiger partial charge in [0.1, 0.15) is 18.0 Å². The van der Waals surface area contributed by atoms with Crippen LogP contribution in [-0.2, 0) is 20.9 Å². The van der Waals surface area contributed by atoms with E-state index >= 15 is 0 Å². The smallest absolute Gasteiger partial charge is 0.307 e. The Hall–Kier alpha value is -2.88. The number of rotatable bonds is 9. The molecular weight excluding hydrogens is 448 g/mol. The van der Waals surface area contributed by atoms with Crippen molar-refractivity contribution in [2.75, 3.05) is 39.6 Å². The second kappa shape index (κ2) is 11.8. The van der Waals surface area contributed by atoms with E-state index in [1.165, 1.54) is 13.2 Å². The quantitative estimate of drug-likeness (QED) is 0.529. The standard InChI is InChI=1S/C23H29ClN4O5/c1-31-19-13-28(11-9-20(29)33-14-15-6-4-3-5-7-15)10-8-18(19)26-22(30)16-12-17(24)21(25)27-23(16)32-2/h3-7,12,18-19H,8-11,13-14H2,1-2H3,(H2,25,27)(H,26,30)/t18-,19+/m1/s1. The molecule has 1 fully saturated rings. The van der Waals surface area contributed by atoms with Crippen molar-refractivity contribution in [3.63, 3.8) is 0 Å². The molecule has 1 aliphatic rings. The number of nitrogens with one attached hydrogen (secondary N) is 1. The summed E-state index contributed by atoms with van der Waals surface area (Å²) in [4.78, 5) is 31.1. The normalized spacial score (nSPS) is 18.5. The zero-order chi connectivity index (χ0) is 23.8. The van der Waals surface area contributed by atoms with Crippen molar-refractivity contribution in [1.82, 2.24) is 15.2 Å². The highest BCUT2D eigenvalue weighted by Crippen LogP contribution is 2.25. The van der Waals surface area contributed by atoms with Crippen LogP contribution in [0.1, 0.15) is 28.8 Å². The fourth-order valence-electron chi connectivity index (χ4n) is 3.70. The van der Waals surface area contributed by atoms with Crippen LogP contribution in [0, 0.1) is 0 Å². The highest BCUT2D eigenvalue weighted by molar-refractivity contribution is 6.33. The lowest BCUT2D eigenvalue weighted by Gasteiger charge is -2.38. The number of hydrogen-bond acceptors (Lipinski definition) is 8. The van der Waals surface area contributed by atoms with E-state index in [-0.39, 0.29) is 59.3 Å². The van der Waals surface area contributed by atoms with Gasteiger partial charge in [0.25, 0.3) is 5.91 Å². The Balaban J connectivity index is 1.49. The number of pyridine rings is 1. The fraction of sp³-hybridized carbons (Fsp3) is 0.435. The summed E-state index contributed by atoms with van der Waals surface area (Å²) in [5, 5.41) is 3.16. The molecule has 3 N–H and O–H groups in total. The summed E-state index contributed by atoms with van der Waals surface area (Å²) in [6, 6.07) is 10.8. The Morgan fingerprint density at radius 3 is 2.73 bits per heavy atom. The van der Waals surface area contributed by atoms with Gasteiger partial charge >= 0.3 is 5.97 Å². The van der Waals surface area contributed by atoms with E-state index in [0.717, 1.165) is 5.56 Å². The molecule has 0 aliphatic carbocycles. The maximum absolute atomic E-state index is 12.8. The van der Waals surface area contributed by atoms with Crippen molar-refractivity contribution in [3.8, 4) is 5.88 Å². The van der Waals surface area contributed by atoms with Crippen molar-refractivity contribution >= 4 is 29.3 Å². The van der Waals surface area contributed by atoms with Crippen molar-refractivity contribution in [2.24, 2.45) is 0 Å². The van der Waals surface area contributed by atoms with Crippen molar-refractivity contribution in [1.29, 1.82) is 0 Å². The monoisotopic (exact) mass is 476 g/mol. The van der Waals surface area contributed by atoms with Crippen LogP contribution in [0.2, 0.25) is 5.02 Å². The Morgan fingerprint density at radius 2 is 2.03 bits per heavy atom. The van der Waals surface area contributed by atoms with Gasteiger partial charge in [-0.15, -0.1) is 0 Å². The van der Waals surface area contributed by atoms with Gasteiger partial charge in [0, 0.05) is 26.7 Å². The lowest BCUT2D eigenvalue weighted by Crippen LogP contribution is -2.55. The number of aromatic nitrogens is 1. The molecule has 0 radical (unpaired) electrons. The summed E-state index contributed by atoms with van der Waals surface area (Å²) >= 11 is 6.03. The first kappa shape index (κ1) is 24.8. The highest BCUT2D eigenvalue weighted by atomic mass is 35.5. The van der Waals surface area contributed by atoms with Crippen LogP contribution >= 0.6 is 11.6 Å². The number of methoxy groups -OCH3 is 2. The lowest BCUT2D eigenvalue weighted by molar-refractivity contribution is -0.145. The minimum absolute atomic E-state index is 0.0930. The Bertz CT molecular complexity index is 959. The average Bonchev–Trinajstić information content (AvgIpc) is 2.83. The molecule has 0 unspecified atom stereocenters. The van der Waals surface area contributed by atoms with Gasteiger partial charge in [-0.2, -0.15) is 4.98 Å². The number of hydrogen-bond donors (Lipinski definition) is 2. The number of ether oxygens (including phenoxy) is 3. The summed E-state index contributed by atoms with van der Waals surface area (Å²) in [7, 11) is 3.01. The number of carbonyl (C=O) groups is 2. The van der Waals surface area contributed by atoms with Crippen molar-refractivity contribution in [3.05, 3.63) is 52.5 Å². The number of anilines is 1. The predicted octanol–water partition coefficient (Wildman–Crippen LogP) is 2.28. The zero-order valence-corrected chi connectivity index (χ0v) is 19.5. The molecule has 1 aromatic heterocycles. The summed E-state index contributed by atoms with van der Waals surface area (Å²) in [6.07, 6.45) is 0.695. The van der Waals surface area contributed by atoms with E-state index in [1.807, 2.05) is 30.3 Å². The number of piperidine rings is 1. The van der Waals surface area contributed by atoms with Crippen LogP contribution in [-0.4, -0.2) is 67.8 Å². The van der Waals surface area contributed by atoms with Gasteiger partial charge in [-0.25, -0.2) is 0 Å². The molecular formula is C23H29ClN4O5. The minimum Gasteiger partial charge on any atom is -0.480 e. The number of likely N-dealkylation sites (tertiary alicyclic amines) is 1. The molecule has 33 heavy (non-hydrogen) atoms. The SMILES string of the molecule is COc1nc(N)c(Cl)cc1C(=O)N[C@@H]1CCN(CCC(=O)OCc2ccccc2)C[C@@H]1OC. The van der Waals surface area contributed by atoms with E-state index in [4.69, 9.17) is 31.5 Å². The van der Waals surface area contributed by atoms with Crippen molar-refractivity contribution < 1.29 is 23.8 Å². The Kier molecular flexibility index (Phi) is 8.87. The maximum Gasteiger partial charge on any atom is 0.307 e. The minimum atomic E-state index is -0.369. The van der Waals surface area contributed by atoms with E-state index in [2.05, 4.69) is 15.2 Å². The van der Waals surface area contributed by atoms with Crippen LogP contribution in [0.5, 0.6) is 5.88 Å². The number of amides is 1. The van der Waals surface area contributed by atoms with Gasteiger partial charge in [0.15, 0.2) is 0 Å². The number of nitrogens with two attached hydrogens (primary N) is 1. The molecule has 2 atom stereocenters. The molecule has 9 nitrogen and oxygen atoms in total. The van der Waals surface area contributed by atoms with Gasteiger partial charge in [0.2, 0.25) is 5.88 Å². The molecule has 1 saturated heterocycles. The molecule has 178 valence electrons. The highest BCUT2D eigenvalue weighted by Gasteiger charge is 2.31. The van der Waals surface area contributed by atoms with E-state index in [9.17, 15) is 9.59 Å². The van der Waals surface area contributed by atoms with Gasteiger partial charge in [0.05, 0.1) is 30.7 Å². The molecule has 2 aromatic rings. The predicted molar refractivity (Wildman–Crippen MR) is 124 cm³/mol. The number of benzene rings is 1. The summed E-state index contributed by atoms with van der Waals surface area (Å²) in [5.74, 6) is -0.417. The number of halogens is 1. The third-order valence-electron chi connectivity index (χ3n) is 5.54. The number of esters is 1. The van der Waals surface area contributed by atoms with Gasteiger partial charge < -0.3 is 30.2 Å². The maximum atomic E-state index is 12.8. The van der Waals surface area contributed by atoms with Gasteiger partial charge in [-0.05, 0) is 18.1 Å². The van der Waals surface area contributed by atoms with Crippen LogP contribution in [0.4, 0.5) is 5.82 Å². The van der Waals surface area contributed by atoms with E-state index in [1.54, 1.807) is 7.11 Å². The topological polar surface area (TPSA) is 116 Å². The molecule has 2 heterocycles. The molecule has 0 spiro atoms. The second-order valence-corrected chi connectivity index (χ2v) is 8.16. The molecule has 0 saturated carbocycles. The zero-order valence-electron chi connectivity index (χ0n) is 18.8. The summed E-state index contributed by atoms with van der Waals surface area (Å²) < 4.78 is 16.1. The van der Waals surface area contributed by atoms with E-state index in [0.29, 0.717) is 26.1 Å². The van der Waals surface area contributed by atoms with Crippen molar-refractivity contribution in [2.45, 2.75) is 31.6 Å². The van der Waals surface area contributed by atoms with Gasteiger partial charge in [-0.1, -0.05) is 41.9 Å². The number of nitrogens with zero attached hydrogens (tertiary/aromatic N) is 2. The third kappa shape index (κ3) is 6.80. The molecule has 1 amide bonds. The summed E-state index contributed by atoms with van der Waals surface area (Å²) in [6.45, 7) is 2.10. The van der Waals surface area contributed by atoms with Crippen LogP contribution in [0.25, 0.3) is 0 Å². The van der Waals surface area contributed by atoms with Crippen LogP contribution < -0.4 is 15.8 Å². The van der Waals surface area contributed by atoms with Crippen LogP contribution in [0.15, 0.2) is 36.4 Å². The first-order valence-electron chi connectivity index (χ1n) is 10.7. The molecule has 1 aromatic carbocycles. The number of nitrogen functional groups attached to an aromatic ring is 1. The Labute approximate surface area is 198 Å². The summed E-state index contributed by atoms with van der Waals surface area (Å²) in [5.41, 5.74) is 6.85. The third-order valence-corrected chi connectivity index (χ3v) is 5.85. The largest absolute Gasteiger partial charge is 0.480 e. The number of carbonyl (C=O) groups excluding carboxylic acids is 2. The molecule has 1 aliphatic heterocycles. The molecule has 10 heteroatoms. The fourth-order valence-corrected chi connectivity index (χ4v) is 3.85. The average molecular weight is 477 g/mol. The first-order chi connectivity index (χ1) is 15.9. The van der Waals surface area contributed by atoms with E-state index < -0.39 is 0 Å². The first-order valence-corrected chi connectivity index (χ1v) is 11.0. The lowest BCUT2D eigenvalue weighted by atomic mass is 10.0.